The third-order valence-corrected chi connectivity index (χ3v) is 8.69. The molecule has 1 N–H and O–H groups in total. The maximum absolute atomic E-state index is 13.9. The van der Waals surface area contributed by atoms with E-state index < -0.39 is 28.5 Å². The van der Waals surface area contributed by atoms with Crippen LogP contribution in [0.15, 0.2) is 77.7 Å². The number of benzene rings is 3. The van der Waals surface area contributed by atoms with Crippen LogP contribution in [0.4, 0.5) is 5.69 Å². The fourth-order valence-electron chi connectivity index (χ4n) is 3.85. The lowest BCUT2D eigenvalue weighted by molar-refractivity contribution is -0.139. The molecule has 0 aliphatic carbocycles. The average molecular weight is 591 g/mol. The molecule has 208 valence electrons. The van der Waals surface area contributed by atoms with Crippen LogP contribution < -0.4 is 9.62 Å². The van der Waals surface area contributed by atoms with E-state index in [1.807, 2.05) is 20.8 Å². The van der Waals surface area contributed by atoms with Gasteiger partial charge in [0.2, 0.25) is 11.8 Å². The molecule has 0 aliphatic heterocycles. The Morgan fingerprint density at radius 2 is 1.56 bits per heavy atom. The topological polar surface area (TPSA) is 86.8 Å². The van der Waals surface area contributed by atoms with Crippen LogP contribution in [-0.4, -0.2) is 43.8 Å². The summed E-state index contributed by atoms with van der Waals surface area (Å²) >= 11 is 12.2. The smallest absolute Gasteiger partial charge is 0.264 e. The lowest BCUT2D eigenvalue weighted by Gasteiger charge is -2.32. The molecule has 39 heavy (non-hydrogen) atoms. The molecule has 0 heterocycles. The maximum Gasteiger partial charge on any atom is 0.264 e. The van der Waals surface area contributed by atoms with Crippen LogP contribution in [0.5, 0.6) is 0 Å². The first-order valence-corrected chi connectivity index (χ1v) is 14.8. The highest BCUT2D eigenvalue weighted by atomic mass is 35.5. The van der Waals surface area contributed by atoms with Crippen molar-refractivity contribution in [2.24, 2.45) is 0 Å². The van der Waals surface area contributed by atoms with Gasteiger partial charge in [-0.1, -0.05) is 60.0 Å². The minimum Gasteiger partial charge on any atom is -0.352 e. The number of hydrogen-bond donors (Lipinski definition) is 1. The van der Waals surface area contributed by atoms with Gasteiger partial charge in [0.1, 0.15) is 12.6 Å². The van der Waals surface area contributed by atoms with E-state index in [2.05, 4.69) is 5.32 Å². The summed E-state index contributed by atoms with van der Waals surface area (Å²) in [6.45, 7) is 6.85. The molecule has 3 aromatic carbocycles. The van der Waals surface area contributed by atoms with Crippen LogP contribution >= 0.6 is 23.2 Å². The Bertz CT molecular complexity index is 1400. The van der Waals surface area contributed by atoms with Crippen LogP contribution in [-0.2, 0) is 26.2 Å². The van der Waals surface area contributed by atoms with Gasteiger partial charge in [-0.2, -0.15) is 0 Å². The molecular weight excluding hydrogens is 557 g/mol. The molecule has 2 atom stereocenters. The Kier molecular flexibility index (Phi) is 10.4. The molecule has 0 aliphatic rings. The second-order valence-corrected chi connectivity index (χ2v) is 12.2. The van der Waals surface area contributed by atoms with Crippen molar-refractivity contribution >= 4 is 50.7 Å². The van der Waals surface area contributed by atoms with E-state index in [9.17, 15) is 18.0 Å². The Morgan fingerprint density at radius 1 is 0.923 bits per heavy atom. The summed E-state index contributed by atoms with van der Waals surface area (Å²) in [6.07, 6.45) is 0.722. The number of hydrogen-bond acceptors (Lipinski definition) is 4. The summed E-state index contributed by atoms with van der Waals surface area (Å²) in [4.78, 5) is 28.4. The molecule has 3 aromatic rings. The van der Waals surface area contributed by atoms with Gasteiger partial charge in [0.15, 0.2) is 0 Å². The number of nitrogens with zero attached hydrogens (tertiary/aromatic N) is 2. The molecule has 7 nitrogen and oxygen atoms in total. The van der Waals surface area contributed by atoms with E-state index in [4.69, 9.17) is 23.2 Å². The standard InChI is InChI=1S/C29H33Cl2N3O4S/c1-5-21(3)32-29(36)22(4)33(18-23-7-6-8-25(31)17-23)28(35)19-34(26-13-11-24(30)12-14-26)39(37,38)27-15-9-20(2)10-16-27/h6-17,21-22H,5,18-19H2,1-4H3,(H,32,36)/t21-,22-/m1/s1. The summed E-state index contributed by atoms with van der Waals surface area (Å²) in [7, 11) is -4.14. The van der Waals surface area contributed by atoms with Crippen molar-refractivity contribution in [3.8, 4) is 0 Å². The van der Waals surface area contributed by atoms with Gasteiger partial charge in [-0.05, 0) is 81.3 Å². The summed E-state index contributed by atoms with van der Waals surface area (Å²) in [6, 6.07) is 18.6. The van der Waals surface area contributed by atoms with Crippen molar-refractivity contribution in [2.45, 2.75) is 57.6 Å². The van der Waals surface area contributed by atoms with Gasteiger partial charge in [0.05, 0.1) is 10.6 Å². The van der Waals surface area contributed by atoms with E-state index >= 15 is 0 Å². The number of anilines is 1. The minimum absolute atomic E-state index is 0.0415. The Morgan fingerprint density at radius 3 is 2.15 bits per heavy atom. The van der Waals surface area contributed by atoms with E-state index in [0.717, 1.165) is 16.3 Å². The Hall–Kier alpha value is -3.07. The molecule has 0 bridgehead atoms. The zero-order valence-corrected chi connectivity index (χ0v) is 24.7. The number of nitrogens with one attached hydrogen (secondary N) is 1. The second-order valence-electron chi connectivity index (χ2n) is 9.45. The first kappa shape index (κ1) is 30.5. The van der Waals surface area contributed by atoms with E-state index in [1.54, 1.807) is 67.6 Å². The normalized spacial score (nSPS) is 12.9. The largest absolute Gasteiger partial charge is 0.352 e. The van der Waals surface area contributed by atoms with E-state index in [-0.39, 0.29) is 29.1 Å². The Balaban J connectivity index is 2.02. The summed E-state index contributed by atoms with van der Waals surface area (Å²) in [5.41, 5.74) is 1.88. The molecule has 3 rings (SSSR count). The van der Waals surface area contributed by atoms with Crippen LogP contribution in [0.2, 0.25) is 10.0 Å². The number of rotatable bonds is 11. The molecule has 2 amide bonds. The molecule has 0 aromatic heterocycles. The lowest BCUT2D eigenvalue weighted by atomic mass is 10.1. The Labute approximate surface area is 240 Å². The van der Waals surface area contributed by atoms with Gasteiger partial charge < -0.3 is 10.2 Å². The molecule has 0 fully saturated rings. The van der Waals surface area contributed by atoms with Crippen molar-refractivity contribution in [1.29, 1.82) is 0 Å². The molecule has 0 unspecified atom stereocenters. The van der Waals surface area contributed by atoms with Crippen molar-refractivity contribution in [3.63, 3.8) is 0 Å². The molecular formula is C29H33Cl2N3O4S. The number of halogens is 2. The van der Waals surface area contributed by atoms with Crippen molar-refractivity contribution in [2.75, 3.05) is 10.8 Å². The quantitative estimate of drug-likeness (QED) is 0.305. The summed E-state index contributed by atoms with van der Waals surface area (Å²) in [5, 5.41) is 3.82. The third-order valence-electron chi connectivity index (χ3n) is 6.41. The molecule has 0 radical (unpaired) electrons. The number of carbonyl (C=O) groups excluding carboxylic acids is 2. The predicted octanol–water partition coefficient (Wildman–Crippen LogP) is 5.83. The third kappa shape index (κ3) is 7.97. The zero-order chi connectivity index (χ0) is 28.7. The molecule has 0 spiro atoms. The number of sulfonamides is 1. The first-order valence-electron chi connectivity index (χ1n) is 12.6. The van der Waals surface area contributed by atoms with Crippen LogP contribution in [0.1, 0.15) is 38.3 Å². The fraction of sp³-hybridized carbons (Fsp3) is 0.310. The number of carbonyl (C=O) groups is 2. The second kappa shape index (κ2) is 13.3. The van der Waals surface area contributed by atoms with Crippen LogP contribution in [0.25, 0.3) is 0 Å². The van der Waals surface area contributed by atoms with Gasteiger partial charge in [-0.25, -0.2) is 8.42 Å². The highest BCUT2D eigenvalue weighted by molar-refractivity contribution is 7.92. The van der Waals surface area contributed by atoms with E-state index in [0.29, 0.717) is 15.6 Å². The summed E-state index contributed by atoms with van der Waals surface area (Å²) < 4.78 is 28.6. The van der Waals surface area contributed by atoms with E-state index in [1.165, 1.54) is 17.0 Å². The first-order chi connectivity index (χ1) is 18.4. The van der Waals surface area contributed by atoms with Gasteiger partial charge in [-0.15, -0.1) is 0 Å². The minimum atomic E-state index is -4.14. The summed E-state index contributed by atoms with van der Waals surface area (Å²) in [5.74, 6) is -0.883. The molecule has 0 saturated carbocycles. The maximum atomic E-state index is 13.9. The highest BCUT2D eigenvalue weighted by Crippen LogP contribution is 2.26. The average Bonchev–Trinajstić information content (AvgIpc) is 2.90. The lowest BCUT2D eigenvalue weighted by Crippen LogP contribution is -2.52. The van der Waals surface area contributed by atoms with Gasteiger partial charge in [0, 0.05) is 22.6 Å². The number of aryl methyl sites for hydroxylation is 1. The fourth-order valence-corrected chi connectivity index (χ4v) is 5.61. The SMILES string of the molecule is CC[C@@H](C)NC(=O)[C@@H](C)N(Cc1cccc(Cl)c1)C(=O)CN(c1ccc(Cl)cc1)S(=O)(=O)c1ccc(C)cc1. The zero-order valence-electron chi connectivity index (χ0n) is 22.4. The van der Waals surface area contributed by atoms with Gasteiger partial charge >= 0.3 is 0 Å². The predicted molar refractivity (Wildman–Crippen MR) is 157 cm³/mol. The van der Waals surface area contributed by atoms with Crippen molar-refractivity contribution in [1.82, 2.24) is 10.2 Å². The van der Waals surface area contributed by atoms with Crippen molar-refractivity contribution in [3.05, 3.63) is 94.0 Å². The number of amides is 2. The van der Waals surface area contributed by atoms with Gasteiger partial charge in [-0.3, -0.25) is 13.9 Å². The highest BCUT2D eigenvalue weighted by Gasteiger charge is 2.32. The van der Waals surface area contributed by atoms with Crippen LogP contribution in [0, 0.1) is 6.92 Å². The molecule has 10 heteroatoms. The van der Waals surface area contributed by atoms with Crippen LogP contribution in [0.3, 0.4) is 0 Å². The monoisotopic (exact) mass is 589 g/mol. The molecule has 0 saturated heterocycles. The van der Waals surface area contributed by atoms with Gasteiger partial charge in [0.25, 0.3) is 10.0 Å². The van der Waals surface area contributed by atoms with Crippen molar-refractivity contribution < 1.29 is 18.0 Å².